The van der Waals surface area contributed by atoms with E-state index in [1.807, 2.05) is 6.92 Å². The van der Waals surface area contributed by atoms with Gasteiger partial charge in [0.05, 0.1) is 0 Å². The van der Waals surface area contributed by atoms with Crippen LogP contribution < -0.4 is 15.2 Å². The van der Waals surface area contributed by atoms with Crippen LogP contribution in [0.15, 0.2) is 12.1 Å². The van der Waals surface area contributed by atoms with E-state index in [9.17, 15) is 4.39 Å². The van der Waals surface area contributed by atoms with E-state index in [-0.39, 0.29) is 29.8 Å². The smallest absolute Gasteiger partial charge is 0.231 e. The van der Waals surface area contributed by atoms with Gasteiger partial charge in [-0.05, 0) is 31.4 Å². The van der Waals surface area contributed by atoms with Gasteiger partial charge in [0.1, 0.15) is 0 Å². The number of rotatable bonds is 2. The Kier molecular flexibility index (Phi) is 1.92. The number of hydrogen-bond donors (Lipinski definition) is 1. The van der Waals surface area contributed by atoms with Crippen LogP contribution in [0.1, 0.15) is 25.3 Å². The molecule has 86 valence electrons. The summed E-state index contributed by atoms with van der Waals surface area (Å²) in [5.74, 6) is 0.427. The standard InChI is InChI=1S/C12H14FNO2/c1-7(14)12(4-5-12)8-2-3-9-11(10(8)13)16-6-15-9/h2-3,7H,4-6,14H2,1H3. The Bertz CT molecular complexity index is 441. The molecule has 3 nitrogen and oxygen atoms in total. The Hall–Kier alpha value is -1.29. The first-order valence-corrected chi connectivity index (χ1v) is 5.49. The van der Waals surface area contributed by atoms with E-state index in [4.69, 9.17) is 15.2 Å². The Morgan fingerprint density at radius 3 is 2.75 bits per heavy atom. The van der Waals surface area contributed by atoms with Gasteiger partial charge in [0.25, 0.3) is 0 Å². The van der Waals surface area contributed by atoms with Crippen LogP contribution in [0.3, 0.4) is 0 Å². The van der Waals surface area contributed by atoms with Crippen LogP contribution in [0.25, 0.3) is 0 Å². The third-order valence-electron chi connectivity index (χ3n) is 3.68. The van der Waals surface area contributed by atoms with Crippen molar-refractivity contribution in [3.8, 4) is 11.5 Å². The third kappa shape index (κ3) is 1.16. The zero-order chi connectivity index (χ0) is 11.3. The van der Waals surface area contributed by atoms with E-state index in [0.29, 0.717) is 11.3 Å². The first kappa shape index (κ1) is 9.90. The van der Waals surface area contributed by atoms with Crippen LogP contribution in [0.4, 0.5) is 4.39 Å². The Morgan fingerprint density at radius 2 is 2.12 bits per heavy atom. The Labute approximate surface area is 93.3 Å². The van der Waals surface area contributed by atoms with Gasteiger partial charge in [0.2, 0.25) is 12.5 Å². The molecule has 16 heavy (non-hydrogen) atoms. The molecule has 1 aromatic rings. The number of fused-ring (bicyclic) bond motifs is 1. The SMILES string of the molecule is CC(N)C1(c2ccc3c(c2F)OCO3)CC1. The quantitative estimate of drug-likeness (QED) is 0.833. The summed E-state index contributed by atoms with van der Waals surface area (Å²) >= 11 is 0. The summed E-state index contributed by atoms with van der Waals surface area (Å²) in [7, 11) is 0. The van der Waals surface area contributed by atoms with E-state index in [0.717, 1.165) is 12.8 Å². The van der Waals surface area contributed by atoms with Crippen molar-refractivity contribution in [1.82, 2.24) is 0 Å². The highest BCUT2D eigenvalue weighted by Crippen LogP contribution is 2.53. The average molecular weight is 223 g/mol. The van der Waals surface area contributed by atoms with Gasteiger partial charge in [-0.15, -0.1) is 0 Å². The van der Waals surface area contributed by atoms with Gasteiger partial charge >= 0.3 is 0 Å². The molecule has 0 saturated heterocycles. The molecule has 1 atom stereocenters. The lowest BCUT2D eigenvalue weighted by Gasteiger charge is -2.21. The summed E-state index contributed by atoms with van der Waals surface area (Å²) in [6, 6.07) is 3.50. The largest absolute Gasteiger partial charge is 0.453 e. The van der Waals surface area contributed by atoms with Crippen molar-refractivity contribution in [2.75, 3.05) is 6.79 Å². The molecule has 0 bridgehead atoms. The van der Waals surface area contributed by atoms with E-state index in [1.165, 1.54) is 0 Å². The predicted molar refractivity (Wildman–Crippen MR) is 57.1 cm³/mol. The number of benzene rings is 1. The minimum atomic E-state index is -0.301. The highest BCUT2D eigenvalue weighted by molar-refractivity contribution is 5.50. The molecule has 0 radical (unpaired) electrons. The number of hydrogen-bond acceptors (Lipinski definition) is 3. The molecule has 0 spiro atoms. The van der Waals surface area contributed by atoms with Crippen LogP contribution in [-0.4, -0.2) is 12.8 Å². The number of nitrogens with two attached hydrogens (primary N) is 1. The fourth-order valence-corrected chi connectivity index (χ4v) is 2.43. The molecule has 2 aliphatic rings. The second-order valence-corrected chi connectivity index (χ2v) is 4.61. The molecule has 0 aromatic heterocycles. The summed E-state index contributed by atoms with van der Waals surface area (Å²) in [6.45, 7) is 2.03. The van der Waals surface area contributed by atoms with Gasteiger partial charge in [-0.1, -0.05) is 6.07 Å². The van der Waals surface area contributed by atoms with Crippen molar-refractivity contribution in [2.45, 2.75) is 31.2 Å². The third-order valence-corrected chi connectivity index (χ3v) is 3.68. The van der Waals surface area contributed by atoms with Gasteiger partial charge in [-0.25, -0.2) is 4.39 Å². The topological polar surface area (TPSA) is 44.5 Å². The van der Waals surface area contributed by atoms with Gasteiger partial charge in [-0.3, -0.25) is 0 Å². The Morgan fingerprint density at radius 1 is 1.38 bits per heavy atom. The van der Waals surface area contributed by atoms with Gasteiger partial charge < -0.3 is 15.2 Å². The lowest BCUT2D eigenvalue weighted by molar-refractivity contribution is 0.170. The fraction of sp³-hybridized carbons (Fsp3) is 0.500. The molecule has 1 heterocycles. The normalized spacial score (nSPS) is 21.9. The summed E-state index contributed by atoms with van der Waals surface area (Å²) in [6.07, 6.45) is 1.89. The molecule has 1 unspecified atom stereocenters. The van der Waals surface area contributed by atoms with Crippen molar-refractivity contribution >= 4 is 0 Å². The fourth-order valence-electron chi connectivity index (χ4n) is 2.43. The predicted octanol–water partition coefficient (Wildman–Crippen LogP) is 1.93. The van der Waals surface area contributed by atoms with E-state index in [2.05, 4.69) is 0 Å². The van der Waals surface area contributed by atoms with Crippen molar-refractivity contribution in [3.63, 3.8) is 0 Å². The van der Waals surface area contributed by atoms with Crippen LogP contribution in [0.5, 0.6) is 11.5 Å². The average Bonchev–Trinajstić information content (AvgIpc) is 2.90. The molecule has 2 N–H and O–H groups in total. The summed E-state index contributed by atoms with van der Waals surface area (Å²) < 4.78 is 24.5. The lowest BCUT2D eigenvalue weighted by Crippen LogP contribution is -2.32. The van der Waals surface area contributed by atoms with E-state index < -0.39 is 0 Å². The highest BCUT2D eigenvalue weighted by Gasteiger charge is 2.50. The molecule has 3 rings (SSSR count). The van der Waals surface area contributed by atoms with Gasteiger partial charge in [0.15, 0.2) is 11.6 Å². The molecule has 1 aliphatic carbocycles. The van der Waals surface area contributed by atoms with Crippen LogP contribution >= 0.6 is 0 Å². The van der Waals surface area contributed by atoms with Crippen LogP contribution in [0.2, 0.25) is 0 Å². The van der Waals surface area contributed by atoms with Crippen molar-refractivity contribution in [3.05, 3.63) is 23.5 Å². The van der Waals surface area contributed by atoms with Gasteiger partial charge in [0, 0.05) is 11.5 Å². The monoisotopic (exact) mass is 223 g/mol. The maximum atomic E-state index is 14.2. The zero-order valence-electron chi connectivity index (χ0n) is 9.13. The molecule has 1 fully saturated rings. The molecule has 1 saturated carbocycles. The maximum Gasteiger partial charge on any atom is 0.231 e. The summed E-state index contributed by atoms with van der Waals surface area (Å²) in [4.78, 5) is 0. The molecule has 4 heteroatoms. The van der Waals surface area contributed by atoms with Crippen LogP contribution in [0, 0.1) is 5.82 Å². The maximum absolute atomic E-state index is 14.2. The highest BCUT2D eigenvalue weighted by atomic mass is 19.1. The molecule has 1 aliphatic heterocycles. The van der Waals surface area contributed by atoms with Crippen molar-refractivity contribution in [2.24, 2.45) is 5.73 Å². The number of halogens is 1. The Balaban J connectivity index is 2.10. The van der Waals surface area contributed by atoms with Crippen LogP contribution in [-0.2, 0) is 5.41 Å². The second kappa shape index (κ2) is 3.10. The number of ether oxygens (including phenoxy) is 2. The second-order valence-electron chi connectivity index (χ2n) is 4.61. The van der Waals surface area contributed by atoms with E-state index >= 15 is 0 Å². The van der Waals surface area contributed by atoms with E-state index in [1.54, 1.807) is 12.1 Å². The van der Waals surface area contributed by atoms with Crippen molar-refractivity contribution < 1.29 is 13.9 Å². The minimum absolute atomic E-state index is 0.0395. The van der Waals surface area contributed by atoms with Crippen molar-refractivity contribution in [1.29, 1.82) is 0 Å². The lowest BCUT2D eigenvalue weighted by atomic mass is 9.89. The molecular weight excluding hydrogens is 209 g/mol. The summed E-state index contributed by atoms with van der Waals surface area (Å²) in [5, 5.41) is 0. The minimum Gasteiger partial charge on any atom is -0.453 e. The first-order valence-electron chi connectivity index (χ1n) is 5.49. The first-order chi connectivity index (χ1) is 7.65. The zero-order valence-corrected chi connectivity index (χ0v) is 9.13. The summed E-state index contributed by atoms with van der Waals surface area (Å²) in [5.41, 5.74) is 6.42. The molecule has 1 aromatic carbocycles. The van der Waals surface area contributed by atoms with Gasteiger partial charge in [-0.2, -0.15) is 0 Å². The molecular formula is C12H14FNO2. The molecule has 0 amide bonds.